The van der Waals surface area contributed by atoms with E-state index < -0.39 is 0 Å². The summed E-state index contributed by atoms with van der Waals surface area (Å²) < 4.78 is 0. The second-order valence-corrected chi connectivity index (χ2v) is 5.95. The summed E-state index contributed by atoms with van der Waals surface area (Å²) >= 11 is 0. The topological polar surface area (TPSA) is 18.5 Å². The fourth-order valence-electron chi connectivity index (χ4n) is 3.25. The van der Waals surface area contributed by atoms with Crippen LogP contribution in [-0.2, 0) is 6.54 Å². The Morgan fingerprint density at radius 1 is 1.40 bits per heavy atom. The lowest BCUT2D eigenvalue weighted by Crippen LogP contribution is -2.38. The van der Waals surface area contributed by atoms with Crippen molar-refractivity contribution in [2.45, 2.75) is 39.3 Å². The van der Waals surface area contributed by atoms with Gasteiger partial charge in [-0.05, 0) is 63.2 Å². The molecule has 1 aromatic carbocycles. The number of benzene rings is 1. The molecule has 0 bridgehead atoms. The SMILES string of the molecule is CCN1CCCC1CN(C)c1ccc(CNC)c(C)c1. The molecule has 1 heterocycles. The Balaban J connectivity index is 2.01. The summed E-state index contributed by atoms with van der Waals surface area (Å²) in [7, 11) is 4.22. The summed E-state index contributed by atoms with van der Waals surface area (Å²) in [5.74, 6) is 0. The minimum atomic E-state index is 0.724. The molecular weight excluding hydrogens is 246 g/mol. The molecule has 1 fully saturated rings. The number of nitrogens with one attached hydrogen (secondary N) is 1. The number of anilines is 1. The molecule has 112 valence electrons. The maximum absolute atomic E-state index is 3.23. The summed E-state index contributed by atoms with van der Waals surface area (Å²) in [6.07, 6.45) is 2.70. The number of likely N-dealkylation sites (N-methyl/N-ethyl adjacent to an activating group) is 2. The van der Waals surface area contributed by atoms with Crippen LogP contribution in [0.15, 0.2) is 18.2 Å². The van der Waals surface area contributed by atoms with Gasteiger partial charge in [0.2, 0.25) is 0 Å². The second-order valence-electron chi connectivity index (χ2n) is 5.95. The predicted octanol–water partition coefficient (Wildman–Crippen LogP) is 2.63. The fraction of sp³-hybridized carbons (Fsp3) is 0.647. The van der Waals surface area contributed by atoms with Crippen LogP contribution in [0.1, 0.15) is 30.9 Å². The van der Waals surface area contributed by atoms with Gasteiger partial charge in [-0.25, -0.2) is 0 Å². The van der Waals surface area contributed by atoms with Gasteiger partial charge >= 0.3 is 0 Å². The lowest BCUT2D eigenvalue weighted by molar-refractivity contribution is 0.270. The average Bonchev–Trinajstić information content (AvgIpc) is 2.88. The highest BCUT2D eigenvalue weighted by Gasteiger charge is 2.24. The van der Waals surface area contributed by atoms with Gasteiger partial charge in [0.15, 0.2) is 0 Å². The monoisotopic (exact) mass is 275 g/mol. The van der Waals surface area contributed by atoms with Crippen LogP contribution in [0.2, 0.25) is 0 Å². The number of hydrogen-bond acceptors (Lipinski definition) is 3. The van der Waals surface area contributed by atoms with Crippen molar-refractivity contribution in [1.82, 2.24) is 10.2 Å². The lowest BCUT2D eigenvalue weighted by atomic mass is 10.1. The summed E-state index contributed by atoms with van der Waals surface area (Å²) in [5.41, 5.74) is 4.11. The number of likely N-dealkylation sites (tertiary alicyclic amines) is 1. The molecule has 1 aliphatic heterocycles. The normalized spacial score (nSPS) is 19.5. The zero-order valence-corrected chi connectivity index (χ0v) is 13.4. The molecule has 3 heteroatoms. The van der Waals surface area contributed by atoms with E-state index >= 15 is 0 Å². The Morgan fingerprint density at radius 2 is 2.20 bits per heavy atom. The van der Waals surface area contributed by atoms with E-state index in [1.54, 1.807) is 0 Å². The van der Waals surface area contributed by atoms with Crippen LogP contribution >= 0.6 is 0 Å². The van der Waals surface area contributed by atoms with Crippen molar-refractivity contribution in [3.8, 4) is 0 Å². The number of aryl methyl sites for hydroxylation is 1. The smallest absolute Gasteiger partial charge is 0.0367 e. The summed E-state index contributed by atoms with van der Waals surface area (Å²) in [6, 6.07) is 7.55. The number of nitrogens with zero attached hydrogens (tertiary/aromatic N) is 2. The van der Waals surface area contributed by atoms with Crippen LogP contribution in [0.3, 0.4) is 0 Å². The lowest BCUT2D eigenvalue weighted by Gasteiger charge is -2.29. The van der Waals surface area contributed by atoms with Crippen LogP contribution in [0, 0.1) is 6.92 Å². The van der Waals surface area contributed by atoms with E-state index in [0.717, 1.165) is 19.1 Å². The number of hydrogen-bond donors (Lipinski definition) is 1. The summed E-state index contributed by atoms with van der Waals surface area (Å²) in [6.45, 7) is 9.02. The van der Waals surface area contributed by atoms with Crippen LogP contribution in [0.4, 0.5) is 5.69 Å². The van der Waals surface area contributed by atoms with Gasteiger partial charge in [-0.3, -0.25) is 4.90 Å². The summed E-state index contributed by atoms with van der Waals surface area (Å²) in [5, 5.41) is 3.23. The van der Waals surface area contributed by atoms with E-state index in [-0.39, 0.29) is 0 Å². The highest BCUT2D eigenvalue weighted by Crippen LogP contribution is 2.22. The molecule has 20 heavy (non-hydrogen) atoms. The molecule has 1 N–H and O–H groups in total. The maximum Gasteiger partial charge on any atom is 0.0367 e. The Bertz CT molecular complexity index is 430. The third-order valence-corrected chi connectivity index (χ3v) is 4.52. The molecule has 1 saturated heterocycles. The molecule has 2 rings (SSSR count). The van der Waals surface area contributed by atoms with Crippen LogP contribution < -0.4 is 10.2 Å². The van der Waals surface area contributed by atoms with Crippen LogP contribution in [0.5, 0.6) is 0 Å². The van der Waals surface area contributed by atoms with Gasteiger partial charge in [-0.1, -0.05) is 13.0 Å². The standard InChI is InChI=1S/C17H29N3/c1-5-20-10-6-7-17(20)13-19(4)16-9-8-15(12-18-3)14(2)11-16/h8-9,11,17-18H,5-7,10,12-13H2,1-4H3. The largest absolute Gasteiger partial charge is 0.373 e. The molecule has 1 atom stereocenters. The zero-order chi connectivity index (χ0) is 14.5. The molecule has 0 radical (unpaired) electrons. The van der Waals surface area contributed by atoms with Crippen molar-refractivity contribution in [3.05, 3.63) is 29.3 Å². The fourth-order valence-corrected chi connectivity index (χ4v) is 3.25. The Kier molecular flexibility index (Phi) is 5.44. The van der Waals surface area contributed by atoms with E-state index in [9.17, 15) is 0 Å². The first-order valence-corrected chi connectivity index (χ1v) is 7.85. The average molecular weight is 275 g/mol. The highest BCUT2D eigenvalue weighted by atomic mass is 15.2. The van der Waals surface area contributed by atoms with E-state index in [0.29, 0.717) is 0 Å². The van der Waals surface area contributed by atoms with Crippen molar-refractivity contribution in [3.63, 3.8) is 0 Å². The Labute approximate surface area is 124 Å². The van der Waals surface area contributed by atoms with E-state index in [2.05, 4.69) is 54.2 Å². The third kappa shape index (κ3) is 3.53. The molecule has 0 aromatic heterocycles. The Morgan fingerprint density at radius 3 is 2.85 bits per heavy atom. The minimum Gasteiger partial charge on any atom is -0.373 e. The molecule has 1 unspecified atom stereocenters. The molecule has 0 spiro atoms. The van der Waals surface area contributed by atoms with Gasteiger partial charge in [0.1, 0.15) is 0 Å². The van der Waals surface area contributed by atoms with Gasteiger partial charge in [0, 0.05) is 31.9 Å². The van der Waals surface area contributed by atoms with Gasteiger partial charge in [0.25, 0.3) is 0 Å². The molecule has 1 aliphatic rings. The first kappa shape index (κ1) is 15.3. The van der Waals surface area contributed by atoms with Crippen LogP contribution in [-0.4, -0.2) is 44.7 Å². The minimum absolute atomic E-state index is 0.724. The van der Waals surface area contributed by atoms with Crippen molar-refractivity contribution in [2.24, 2.45) is 0 Å². The van der Waals surface area contributed by atoms with E-state index in [1.807, 2.05) is 7.05 Å². The zero-order valence-electron chi connectivity index (χ0n) is 13.4. The van der Waals surface area contributed by atoms with Crippen LogP contribution in [0.25, 0.3) is 0 Å². The van der Waals surface area contributed by atoms with E-state index in [1.165, 1.54) is 42.7 Å². The molecule has 0 amide bonds. The second kappa shape index (κ2) is 7.09. The Hall–Kier alpha value is -1.06. The van der Waals surface area contributed by atoms with Gasteiger partial charge in [0.05, 0.1) is 0 Å². The van der Waals surface area contributed by atoms with Crippen molar-refractivity contribution >= 4 is 5.69 Å². The molecule has 3 nitrogen and oxygen atoms in total. The molecule has 1 aromatic rings. The highest BCUT2D eigenvalue weighted by molar-refractivity contribution is 5.50. The third-order valence-electron chi connectivity index (χ3n) is 4.52. The van der Waals surface area contributed by atoms with Crippen molar-refractivity contribution in [1.29, 1.82) is 0 Å². The molecule has 0 aliphatic carbocycles. The predicted molar refractivity (Wildman–Crippen MR) is 87.5 cm³/mol. The van der Waals surface area contributed by atoms with Gasteiger partial charge in [-0.15, -0.1) is 0 Å². The van der Waals surface area contributed by atoms with Gasteiger partial charge in [-0.2, -0.15) is 0 Å². The van der Waals surface area contributed by atoms with E-state index in [4.69, 9.17) is 0 Å². The first-order chi connectivity index (χ1) is 9.65. The van der Waals surface area contributed by atoms with Gasteiger partial charge < -0.3 is 10.2 Å². The van der Waals surface area contributed by atoms with Crippen molar-refractivity contribution in [2.75, 3.05) is 38.6 Å². The van der Waals surface area contributed by atoms with Crippen molar-refractivity contribution < 1.29 is 0 Å². The maximum atomic E-state index is 3.23. The molecular formula is C17H29N3. The molecule has 0 saturated carbocycles. The number of rotatable bonds is 6. The quantitative estimate of drug-likeness (QED) is 0.861. The summed E-state index contributed by atoms with van der Waals surface area (Å²) in [4.78, 5) is 5.02. The first-order valence-electron chi connectivity index (χ1n) is 7.85.